The molecule has 0 radical (unpaired) electrons. The second-order valence-corrected chi connectivity index (χ2v) is 16.3. The molecule has 0 unspecified atom stereocenters. The van der Waals surface area contributed by atoms with Gasteiger partial charge in [-0.2, -0.15) is 12.7 Å². The Kier molecular flexibility index (Phi) is 9.66. The summed E-state index contributed by atoms with van der Waals surface area (Å²) in [5.41, 5.74) is 2.86. The van der Waals surface area contributed by atoms with Crippen molar-refractivity contribution >= 4 is 53.3 Å². The number of carbonyl (C=O) groups excluding carboxylic acids is 1. The summed E-state index contributed by atoms with van der Waals surface area (Å²) in [6.07, 6.45) is 6.29. The highest BCUT2D eigenvalue weighted by Crippen LogP contribution is 2.29. The first-order chi connectivity index (χ1) is 25.0. The highest BCUT2D eigenvalue weighted by Gasteiger charge is 2.37. The molecule has 0 bridgehead atoms. The van der Waals surface area contributed by atoms with Crippen LogP contribution in [0.3, 0.4) is 0 Å². The largest absolute Gasteiger partial charge is 0.379 e. The molecule has 0 aliphatic carbocycles. The number of pyridine rings is 2. The Labute approximate surface area is 303 Å². The van der Waals surface area contributed by atoms with E-state index < -0.39 is 26.2 Å². The van der Waals surface area contributed by atoms with Crippen molar-refractivity contribution in [2.45, 2.75) is 29.2 Å². The molecule has 0 saturated carbocycles. The van der Waals surface area contributed by atoms with Gasteiger partial charge in [-0.05, 0) is 67.4 Å². The lowest BCUT2D eigenvalue weighted by Crippen LogP contribution is -2.56. The molecule has 266 valence electrons. The molecule has 4 aromatic carbocycles. The number of benzene rings is 4. The number of amides is 1. The van der Waals surface area contributed by atoms with Gasteiger partial charge < -0.3 is 14.0 Å². The van der Waals surface area contributed by atoms with Gasteiger partial charge in [0.2, 0.25) is 15.9 Å². The molecule has 1 aliphatic heterocycles. The molecule has 3 heterocycles. The van der Waals surface area contributed by atoms with Gasteiger partial charge in [-0.15, -0.1) is 0 Å². The van der Waals surface area contributed by atoms with Gasteiger partial charge in [0.25, 0.3) is 0 Å². The standard InChI is InChI=1S/C39H37N5O6S2/c1-28-9-13-32(14-10-28)43-21-23-44(24-22-43)39(45)36(42(2)51(46,47)37-7-3-5-30-26-40-19-17-34(30)37)25-29-11-15-33(16-12-29)50-52(48,49)38-8-4-6-31-27-41-20-18-35(31)38/h3-20,26-27,36H,21-25H2,1-2H3/t36-/m0/s1. The number of aromatic nitrogens is 2. The van der Waals surface area contributed by atoms with Crippen molar-refractivity contribution in [3.8, 4) is 5.75 Å². The molecule has 7 rings (SSSR count). The Morgan fingerprint density at radius 1 is 0.750 bits per heavy atom. The van der Waals surface area contributed by atoms with Crippen LogP contribution in [0.15, 0.2) is 132 Å². The van der Waals surface area contributed by atoms with Crippen molar-refractivity contribution in [2.75, 3.05) is 38.1 Å². The first-order valence-corrected chi connectivity index (χ1v) is 19.6. The SMILES string of the molecule is Cc1ccc(N2CCN(C(=O)[C@H](Cc3ccc(OS(=O)(=O)c4cccc5cnccc45)cc3)N(C)S(=O)(=O)c3cccc4cnccc34)CC2)cc1. The van der Waals surface area contributed by atoms with Gasteiger partial charge >= 0.3 is 10.1 Å². The van der Waals surface area contributed by atoms with E-state index in [1.807, 2.05) is 6.92 Å². The minimum absolute atomic E-state index is 0.0145. The van der Waals surface area contributed by atoms with Crippen molar-refractivity contribution in [1.29, 1.82) is 0 Å². The Hall–Kier alpha value is -5.37. The molecule has 11 nitrogen and oxygen atoms in total. The lowest BCUT2D eigenvalue weighted by Gasteiger charge is -2.39. The molecule has 1 amide bonds. The number of hydrogen-bond acceptors (Lipinski definition) is 9. The van der Waals surface area contributed by atoms with E-state index in [9.17, 15) is 21.6 Å². The number of carbonyl (C=O) groups is 1. The minimum Gasteiger partial charge on any atom is -0.379 e. The zero-order chi connectivity index (χ0) is 36.5. The summed E-state index contributed by atoms with van der Waals surface area (Å²) in [4.78, 5) is 26.6. The number of hydrogen-bond donors (Lipinski definition) is 0. The maximum absolute atomic E-state index is 14.4. The van der Waals surface area contributed by atoms with E-state index in [1.165, 1.54) is 37.5 Å². The highest BCUT2D eigenvalue weighted by atomic mass is 32.2. The smallest absolute Gasteiger partial charge is 0.339 e. The van der Waals surface area contributed by atoms with Crippen LogP contribution in [0.1, 0.15) is 11.1 Å². The predicted molar refractivity (Wildman–Crippen MR) is 200 cm³/mol. The number of nitrogens with zero attached hydrogens (tertiary/aromatic N) is 5. The lowest BCUT2D eigenvalue weighted by molar-refractivity contribution is -0.135. The van der Waals surface area contributed by atoms with Crippen LogP contribution in [-0.2, 0) is 31.4 Å². The fourth-order valence-corrected chi connectivity index (χ4v) is 9.23. The Morgan fingerprint density at radius 3 is 1.94 bits per heavy atom. The summed E-state index contributed by atoms with van der Waals surface area (Å²) in [7, 11) is -6.93. The van der Waals surface area contributed by atoms with E-state index in [0.29, 0.717) is 53.3 Å². The minimum atomic E-state index is -4.20. The Balaban J connectivity index is 1.15. The number of rotatable bonds is 10. The lowest BCUT2D eigenvalue weighted by atomic mass is 10.0. The number of aryl methyl sites for hydroxylation is 1. The third-order valence-electron chi connectivity index (χ3n) is 9.48. The van der Waals surface area contributed by atoms with Gasteiger partial charge in [-0.3, -0.25) is 14.8 Å². The number of fused-ring (bicyclic) bond motifs is 2. The van der Waals surface area contributed by atoms with Gasteiger partial charge in [0.15, 0.2) is 0 Å². The van der Waals surface area contributed by atoms with Crippen molar-refractivity contribution < 1.29 is 25.8 Å². The zero-order valence-electron chi connectivity index (χ0n) is 28.7. The number of anilines is 1. The normalized spacial score (nSPS) is 14.5. The Morgan fingerprint density at radius 2 is 1.33 bits per heavy atom. The zero-order valence-corrected chi connectivity index (χ0v) is 30.3. The monoisotopic (exact) mass is 735 g/mol. The molecule has 6 aromatic rings. The topological polar surface area (TPSA) is 130 Å². The summed E-state index contributed by atoms with van der Waals surface area (Å²) in [6.45, 7) is 4.08. The molecule has 52 heavy (non-hydrogen) atoms. The van der Waals surface area contributed by atoms with Crippen LogP contribution in [-0.4, -0.2) is 81.2 Å². The first-order valence-electron chi connectivity index (χ1n) is 16.8. The van der Waals surface area contributed by atoms with Crippen LogP contribution >= 0.6 is 0 Å². The van der Waals surface area contributed by atoms with Gasteiger partial charge in [0.1, 0.15) is 16.7 Å². The number of sulfonamides is 1. The molecular formula is C39H37N5O6S2. The molecule has 0 N–H and O–H groups in total. The highest BCUT2D eigenvalue weighted by molar-refractivity contribution is 7.89. The van der Waals surface area contributed by atoms with Crippen molar-refractivity contribution in [3.63, 3.8) is 0 Å². The summed E-state index contributed by atoms with van der Waals surface area (Å²) in [5.74, 6) is -0.236. The molecule has 13 heteroatoms. The van der Waals surface area contributed by atoms with E-state index in [4.69, 9.17) is 4.18 Å². The van der Waals surface area contributed by atoms with Crippen LogP contribution in [0.25, 0.3) is 21.5 Å². The molecule has 2 aromatic heterocycles. The van der Waals surface area contributed by atoms with Gasteiger partial charge in [-0.1, -0.05) is 54.1 Å². The van der Waals surface area contributed by atoms with E-state index in [0.717, 1.165) is 15.6 Å². The van der Waals surface area contributed by atoms with E-state index in [1.54, 1.807) is 72.0 Å². The fourth-order valence-electron chi connectivity index (χ4n) is 6.55. The Bertz CT molecular complexity index is 2460. The van der Waals surface area contributed by atoms with Crippen molar-refractivity contribution in [2.24, 2.45) is 0 Å². The molecule has 1 fully saturated rings. The fraction of sp³-hybridized carbons (Fsp3) is 0.205. The van der Waals surface area contributed by atoms with Crippen LogP contribution in [0.4, 0.5) is 5.69 Å². The average Bonchev–Trinajstić information content (AvgIpc) is 3.17. The summed E-state index contributed by atoms with van der Waals surface area (Å²) in [6, 6.07) is 26.6. The summed E-state index contributed by atoms with van der Waals surface area (Å²) < 4.78 is 61.9. The molecule has 1 atom stereocenters. The molecule has 1 saturated heterocycles. The maximum atomic E-state index is 14.4. The van der Waals surface area contributed by atoms with Crippen LogP contribution < -0.4 is 9.08 Å². The molecule has 1 aliphatic rings. The summed E-state index contributed by atoms with van der Waals surface area (Å²) >= 11 is 0. The molecular weight excluding hydrogens is 699 g/mol. The quantitative estimate of drug-likeness (QED) is 0.169. The van der Waals surface area contributed by atoms with Gasteiger partial charge in [0.05, 0.1) is 4.90 Å². The van der Waals surface area contributed by atoms with Crippen LogP contribution in [0, 0.1) is 6.92 Å². The number of piperazine rings is 1. The van der Waals surface area contributed by atoms with Crippen LogP contribution in [0.2, 0.25) is 0 Å². The van der Waals surface area contributed by atoms with Gasteiger partial charge in [0, 0.05) is 85.2 Å². The maximum Gasteiger partial charge on any atom is 0.339 e. The third-order valence-corrected chi connectivity index (χ3v) is 12.7. The second kappa shape index (κ2) is 14.3. The predicted octanol–water partition coefficient (Wildman–Crippen LogP) is 5.44. The summed E-state index contributed by atoms with van der Waals surface area (Å²) in [5, 5.41) is 2.32. The second-order valence-electron chi connectivity index (χ2n) is 12.8. The van der Waals surface area contributed by atoms with Crippen molar-refractivity contribution in [1.82, 2.24) is 19.2 Å². The van der Waals surface area contributed by atoms with Crippen molar-refractivity contribution in [3.05, 3.63) is 133 Å². The molecule has 0 spiro atoms. The third kappa shape index (κ3) is 7.07. The number of likely N-dealkylation sites (N-methyl/N-ethyl adjacent to an activating group) is 1. The van der Waals surface area contributed by atoms with Crippen LogP contribution in [0.5, 0.6) is 5.75 Å². The van der Waals surface area contributed by atoms with E-state index in [2.05, 4.69) is 39.1 Å². The van der Waals surface area contributed by atoms with E-state index in [-0.39, 0.29) is 27.9 Å². The first kappa shape index (κ1) is 35.1. The average molecular weight is 736 g/mol. The van der Waals surface area contributed by atoms with E-state index >= 15 is 0 Å². The van der Waals surface area contributed by atoms with Gasteiger partial charge in [-0.25, -0.2) is 8.42 Å².